The molecule has 0 fully saturated rings. The molecule has 0 amide bonds. The molecule has 2 heteroatoms. The van der Waals surface area contributed by atoms with Crippen LogP contribution in [0.3, 0.4) is 0 Å². The van der Waals surface area contributed by atoms with Crippen molar-refractivity contribution in [2.24, 2.45) is 5.41 Å². The van der Waals surface area contributed by atoms with Gasteiger partial charge in [0.15, 0.2) is 0 Å². The normalized spacial score (nSPS) is 11.5. The second kappa shape index (κ2) is 3.99. The van der Waals surface area contributed by atoms with Gasteiger partial charge in [0.05, 0.1) is 7.11 Å². The smallest absolute Gasteiger partial charge is 0.130 e. The molecule has 1 nitrogen and oxygen atoms in total. The van der Waals surface area contributed by atoms with Crippen molar-refractivity contribution in [2.45, 2.75) is 27.2 Å². The van der Waals surface area contributed by atoms with Crippen LogP contribution in [0.4, 0.5) is 4.39 Å². The minimum absolute atomic E-state index is 0.0650. The molecule has 0 atom stereocenters. The molecule has 0 unspecified atom stereocenters. The number of hydrogen-bond donors (Lipinski definition) is 0. The molecule has 0 aliphatic carbocycles. The van der Waals surface area contributed by atoms with Crippen LogP contribution in [-0.2, 0) is 6.42 Å². The summed E-state index contributed by atoms with van der Waals surface area (Å²) >= 11 is 0. The number of halogens is 1. The SMILES string of the molecule is COc1cccc(F)c1CC(C)(C)C. The van der Waals surface area contributed by atoms with Crippen LogP contribution in [0, 0.1) is 11.2 Å². The van der Waals surface area contributed by atoms with Gasteiger partial charge in [-0.25, -0.2) is 4.39 Å². The standard InChI is InChI=1S/C12H17FO/c1-12(2,3)8-9-10(13)6-5-7-11(9)14-4/h5-7H,8H2,1-4H3. The zero-order valence-corrected chi connectivity index (χ0v) is 9.23. The highest BCUT2D eigenvalue weighted by Crippen LogP contribution is 2.29. The van der Waals surface area contributed by atoms with E-state index >= 15 is 0 Å². The average molecular weight is 196 g/mol. The molecule has 1 aromatic carbocycles. The Morgan fingerprint density at radius 1 is 1.29 bits per heavy atom. The number of ether oxygens (including phenoxy) is 1. The Labute approximate surface area is 84.9 Å². The summed E-state index contributed by atoms with van der Waals surface area (Å²) in [7, 11) is 1.57. The van der Waals surface area contributed by atoms with E-state index in [9.17, 15) is 4.39 Å². The predicted molar refractivity (Wildman–Crippen MR) is 56.1 cm³/mol. The summed E-state index contributed by atoms with van der Waals surface area (Å²) in [6.45, 7) is 6.25. The van der Waals surface area contributed by atoms with Crippen LogP contribution < -0.4 is 4.74 Å². The maximum absolute atomic E-state index is 13.5. The molecule has 78 valence electrons. The molecule has 0 radical (unpaired) electrons. The van der Waals surface area contributed by atoms with Crippen LogP contribution in [0.5, 0.6) is 5.75 Å². The Bertz CT molecular complexity index is 313. The number of rotatable bonds is 2. The maximum Gasteiger partial charge on any atom is 0.130 e. The van der Waals surface area contributed by atoms with E-state index in [1.165, 1.54) is 6.07 Å². The number of hydrogen-bond acceptors (Lipinski definition) is 1. The van der Waals surface area contributed by atoms with Crippen molar-refractivity contribution in [3.05, 3.63) is 29.6 Å². The fourth-order valence-electron chi connectivity index (χ4n) is 1.43. The van der Waals surface area contributed by atoms with Crippen LogP contribution in [0.15, 0.2) is 18.2 Å². The predicted octanol–water partition coefficient (Wildman–Crippen LogP) is 3.42. The quantitative estimate of drug-likeness (QED) is 0.704. The average Bonchev–Trinajstić information content (AvgIpc) is 2.06. The Morgan fingerprint density at radius 2 is 1.93 bits per heavy atom. The topological polar surface area (TPSA) is 9.23 Å². The summed E-state index contributed by atoms with van der Waals surface area (Å²) < 4.78 is 18.6. The molecule has 1 aromatic rings. The molecule has 14 heavy (non-hydrogen) atoms. The first-order valence-electron chi connectivity index (χ1n) is 4.75. The van der Waals surface area contributed by atoms with Gasteiger partial charge in [-0.05, 0) is 24.0 Å². The molecular formula is C12H17FO. The molecule has 0 bridgehead atoms. The Balaban J connectivity index is 3.05. The van der Waals surface area contributed by atoms with E-state index < -0.39 is 0 Å². The van der Waals surface area contributed by atoms with Crippen LogP contribution in [0.25, 0.3) is 0 Å². The molecule has 1 rings (SSSR count). The van der Waals surface area contributed by atoms with Crippen molar-refractivity contribution in [1.82, 2.24) is 0 Å². The first-order chi connectivity index (χ1) is 6.44. The van der Waals surface area contributed by atoms with E-state index in [-0.39, 0.29) is 11.2 Å². The zero-order chi connectivity index (χ0) is 10.8. The molecule has 0 saturated carbocycles. The van der Waals surface area contributed by atoms with Crippen LogP contribution in [0.2, 0.25) is 0 Å². The van der Waals surface area contributed by atoms with Crippen molar-refractivity contribution >= 4 is 0 Å². The highest BCUT2D eigenvalue weighted by atomic mass is 19.1. The van der Waals surface area contributed by atoms with Gasteiger partial charge in [-0.1, -0.05) is 26.8 Å². The van der Waals surface area contributed by atoms with E-state index in [0.717, 1.165) is 0 Å². The summed E-state index contributed by atoms with van der Waals surface area (Å²) in [6, 6.07) is 4.94. The van der Waals surface area contributed by atoms with Crippen LogP contribution in [0.1, 0.15) is 26.3 Å². The van der Waals surface area contributed by atoms with Crippen molar-refractivity contribution in [3.8, 4) is 5.75 Å². The summed E-state index contributed by atoms with van der Waals surface area (Å²) in [6.07, 6.45) is 0.683. The lowest BCUT2D eigenvalue weighted by Gasteiger charge is -2.20. The third-order valence-electron chi connectivity index (χ3n) is 2.00. The third-order valence-corrected chi connectivity index (χ3v) is 2.00. The minimum atomic E-state index is -0.181. The molecular weight excluding hydrogens is 179 g/mol. The molecule has 0 heterocycles. The van der Waals surface area contributed by atoms with E-state index in [4.69, 9.17) is 4.74 Å². The lowest BCUT2D eigenvalue weighted by molar-refractivity contribution is 0.369. The molecule has 0 spiro atoms. The van der Waals surface area contributed by atoms with Crippen molar-refractivity contribution in [2.75, 3.05) is 7.11 Å². The van der Waals surface area contributed by atoms with Gasteiger partial charge >= 0.3 is 0 Å². The van der Waals surface area contributed by atoms with Crippen molar-refractivity contribution in [1.29, 1.82) is 0 Å². The molecule has 0 saturated heterocycles. The van der Waals surface area contributed by atoms with Crippen molar-refractivity contribution in [3.63, 3.8) is 0 Å². The Morgan fingerprint density at radius 3 is 2.43 bits per heavy atom. The van der Waals surface area contributed by atoms with Gasteiger partial charge < -0.3 is 4.74 Å². The Kier molecular flexibility index (Phi) is 3.14. The van der Waals surface area contributed by atoms with Gasteiger partial charge in [-0.2, -0.15) is 0 Å². The maximum atomic E-state index is 13.5. The van der Waals surface area contributed by atoms with Gasteiger partial charge in [-0.3, -0.25) is 0 Å². The van der Waals surface area contributed by atoms with Gasteiger partial charge in [0.1, 0.15) is 11.6 Å². The van der Waals surface area contributed by atoms with E-state index in [1.807, 2.05) is 0 Å². The molecule has 0 aliphatic rings. The monoisotopic (exact) mass is 196 g/mol. The second-order valence-electron chi connectivity index (χ2n) is 4.66. The largest absolute Gasteiger partial charge is 0.496 e. The highest BCUT2D eigenvalue weighted by Gasteiger charge is 2.17. The second-order valence-corrected chi connectivity index (χ2v) is 4.66. The van der Waals surface area contributed by atoms with Crippen molar-refractivity contribution < 1.29 is 9.13 Å². The van der Waals surface area contributed by atoms with E-state index in [2.05, 4.69) is 20.8 Å². The van der Waals surface area contributed by atoms with Crippen LogP contribution >= 0.6 is 0 Å². The first kappa shape index (κ1) is 11.0. The molecule has 0 aliphatic heterocycles. The van der Waals surface area contributed by atoms with Gasteiger partial charge in [-0.15, -0.1) is 0 Å². The first-order valence-corrected chi connectivity index (χ1v) is 4.75. The summed E-state index contributed by atoms with van der Waals surface area (Å²) in [5, 5.41) is 0. The van der Waals surface area contributed by atoms with Gasteiger partial charge in [0, 0.05) is 5.56 Å². The highest BCUT2D eigenvalue weighted by molar-refractivity contribution is 5.35. The summed E-state index contributed by atoms with van der Waals surface area (Å²) in [4.78, 5) is 0. The summed E-state index contributed by atoms with van der Waals surface area (Å²) in [5.74, 6) is 0.458. The lowest BCUT2D eigenvalue weighted by atomic mass is 9.87. The van der Waals surface area contributed by atoms with Crippen LogP contribution in [-0.4, -0.2) is 7.11 Å². The van der Waals surface area contributed by atoms with E-state index in [1.54, 1.807) is 19.2 Å². The zero-order valence-electron chi connectivity index (χ0n) is 9.23. The fraction of sp³-hybridized carbons (Fsp3) is 0.500. The summed E-state index contributed by atoms with van der Waals surface area (Å²) in [5.41, 5.74) is 0.734. The van der Waals surface area contributed by atoms with Gasteiger partial charge in [0.2, 0.25) is 0 Å². The lowest BCUT2D eigenvalue weighted by Crippen LogP contribution is -2.11. The Hall–Kier alpha value is -1.05. The third kappa shape index (κ3) is 2.72. The van der Waals surface area contributed by atoms with Gasteiger partial charge in [0.25, 0.3) is 0 Å². The van der Waals surface area contributed by atoms with E-state index in [0.29, 0.717) is 17.7 Å². The fourth-order valence-corrected chi connectivity index (χ4v) is 1.43. The number of benzene rings is 1. The molecule has 0 aromatic heterocycles. The number of methoxy groups -OCH3 is 1. The molecule has 0 N–H and O–H groups in total. The minimum Gasteiger partial charge on any atom is -0.496 e.